The number of hydrogen-bond acceptors (Lipinski definition) is 4. The topological polar surface area (TPSA) is 24.9 Å². The van der Waals surface area contributed by atoms with Crippen LogP contribution in [-0.4, -0.2) is 16.3 Å². The molecule has 0 aliphatic carbocycles. The normalized spacial score (nSPS) is 14.1. The maximum Gasteiger partial charge on any atom is 0.103 e. The molecule has 0 saturated carbocycles. The van der Waals surface area contributed by atoms with Gasteiger partial charge in [-0.05, 0) is 13.5 Å². The van der Waals surface area contributed by atoms with Crippen LogP contribution in [0.1, 0.15) is 51.4 Å². The average Bonchev–Trinajstić information content (AvgIpc) is 2.62. The summed E-state index contributed by atoms with van der Waals surface area (Å²) in [6, 6.07) is 0.370. The summed E-state index contributed by atoms with van der Waals surface area (Å²) in [6.07, 6.45) is 0. The Kier molecular flexibility index (Phi) is 5.28. The molecule has 1 aromatic rings. The Morgan fingerprint density at radius 3 is 2.75 bits per heavy atom. The largest absolute Gasteiger partial charge is 0.309 e. The second-order valence-electron chi connectivity index (χ2n) is 4.85. The van der Waals surface area contributed by atoms with Crippen LogP contribution in [0, 0.1) is 0 Å². The maximum atomic E-state index is 4.67. The highest BCUT2D eigenvalue weighted by Gasteiger charge is 2.13. The van der Waals surface area contributed by atoms with Crippen molar-refractivity contribution in [3.63, 3.8) is 0 Å². The Hall–Kier alpha value is -0.0600. The molecule has 0 bridgehead atoms. The first-order chi connectivity index (χ1) is 7.42. The highest BCUT2D eigenvalue weighted by Crippen LogP contribution is 2.29. The molecule has 0 fully saturated rings. The fourth-order valence-electron chi connectivity index (χ4n) is 1.28. The number of thioether (sulfide) groups is 1. The second-order valence-corrected chi connectivity index (χ2v) is 7.59. The van der Waals surface area contributed by atoms with Crippen LogP contribution >= 0.6 is 23.1 Å². The predicted molar refractivity (Wildman–Crippen MR) is 75.3 cm³/mol. The molecule has 1 heterocycles. The summed E-state index contributed by atoms with van der Waals surface area (Å²) in [4.78, 5) is 4.67. The van der Waals surface area contributed by atoms with Crippen molar-refractivity contribution in [1.82, 2.24) is 10.3 Å². The van der Waals surface area contributed by atoms with E-state index in [1.165, 1.54) is 10.7 Å². The van der Waals surface area contributed by atoms with E-state index in [0.29, 0.717) is 10.8 Å². The van der Waals surface area contributed by atoms with Crippen molar-refractivity contribution in [1.29, 1.82) is 0 Å². The lowest BCUT2D eigenvalue weighted by atomic mass is 10.2. The highest BCUT2D eigenvalue weighted by molar-refractivity contribution is 7.99. The summed E-state index contributed by atoms with van der Waals surface area (Å²) in [5, 5.41) is 6.79. The minimum Gasteiger partial charge on any atom is -0.309 e. The lowest BCUT2D eigenvalue weighted by Gasteiger charge is -2.16. The van der Waals surface area contributed by atoms with Crippen molar-refractivity contribution < 1.29 is 0 Å². The molecule has 0 aliphatic rings. The van der Waals surface area contributed by atoms with Crippen LogP contribution in [0.5, 0.6) is 0 Å². The molecule has 16 heavy (non-hydrogen) atoms. The van der Waals surface area contributed by atoms with Crippen LogP contribution in [0.15, 0.2) is 5.38 Å². The molecule has 1 unspecified atom stereocenters. The van der Waals surface area contributed by atoms with Gasteiger partial charge in [-0.1, -0.05) is 27.7 Å². The summed E-state index contributed by atoms with van der Waals surface area (Å²) < 4.78 is 0.319. The first-order valence-electron chi connectivity index (χ1n) is 5.74. The van der Waals surface area contributed by atoms with Gasteiger partial charge in [0.1, 0.15) is 5.01 Å². The number of nitrogens with one attached hydrogen (secondary N) is 1. The van der Waals surface area contributed by atoms with E-state index in [1.54, 1.807) is 11.3 Å². The molecular formula is C12H22N2S2. The molecule has 0 saturated heterocycles. The van der Waals surface area contributed by atoms with E-state index in [9.17, 15) is 0 Å². The van der Waals surface area contributed by atoms with Crippen molar-refractivity contribution in [3.8, 4) is 0 Å². The molecule has 0 spiro atoms. The molecule has 1 atom stereocenters. The summed E-state index contributed by atoms with van der Waals surface area (Å²) in [5.41, 5.74) is 1.18. The maximum absolute atomic E-state index is 4.67. The van der Waals surface area contributed by atoms with Crippen LogP contribution in [0.3, 0.4) is 0 Å². The standard InChI is InChI=1S/C12H22N2S2/c1-6-13-9(2)10-7-15-11(14-10)8-16-12(3,4)5/h7,9,13H,6,8H2,1-5H3. The third-order valence-corrected chi connectivity index (χ3v) is 4.49. The SMILES string of the molecule is CCNC(C)c1csc(CSC(C)(C)C)n1. The Bertz CT molecular complexity index is 315. The summed E-state index contributed by atoms with van der Waals surface area (Å²) in [5.74, 6) is 1.02. The van der Waals surface area contributed by atoms with Crippen LogP contribution in [0.4, 0.5) is 0 Å². The van der Waals surface area contributed by atoms with Crippen LogP contribution < -0.4 is 5.32 Å². The highest BCUT2D eigenvalue weighted by atomic mass is 32.2. The minimum atomic E-state index is 0.319. The van der Waals surface area contributed by atoms with Crippen LogP contribution in [-0.2, 0) is 5.75 Å². The van der Waals surface area contributed by atoms with Crippen molar-refractivity contribution in [2.45, 2.75) is 51.2 Å². The molecule has 1 aromatic heterocycles. The van der Waals surface area contributed by atoms with Gasteiger partial charge in [0, 0.05) is 21.9 Å². The van der Waals surface area contributed by atoms with Crippen LogP contribution in [0.25, 0.3) is 0 Å². The monoisotopic (exact) mass is 258 g/mol. The van der Waals surface area contributed by atoms with Gasteiger partial charge in [-0.3, -0.25) is 0 Å². The summed E-state index contributed by atoms with van der Waals surface area (Å²) >= 11 is 3.73. The van der Waals surface area contributed by atoms with Gasteiger partial charge in [0.25, 0.3) is 0 Å². The Balaban J connectivity index is 2.51. The molecule has 92 valence electrons. The molecule has 0 aliphatic heterocycles. The van der Waals surface area contributed by atoms with Crippen molar-refractivity contribution >= 4 is 23.1 Å². The predicted octanol–water partition coefficient (Wildman–Crippen LogP) is 3.85. The lowest BCUT2D eigenvalue weighted by molar-refractivity contribution is 0.585. The number of hydrogen-bond donors (Lipinski definition) is 1. The average molecular weight is 258 g/mol. The van der Waals surface area contributed by atoms with E-state index in [-0.39, 0.29) is 0 Å². The fourth-order valence-corrected chi connectivity index (χ4v) is 3.02. The Labute approximate surface area is 107 Å². The number of thiazole rings is 1. The molecule has 0 aromatic carbocycles. The third kappa shape index (κ3) is 4.85. The van der Waals surface area contributed by atoms with E-state index < -0.39 is 0 Å². The van der Waals surface area contributed by atoms with Gasteiger partial charge in [0.15, 0.2) is 0 Å². The van der Waals surface area contributed by atoms with E-state index in [2.05, 4.69) is 50.3 Å². The quantitative estimate of drug-likeness (QED) is 0.868. The van der Waals surface area contributed by atoms with Crippen LogP contribution in [0.2, 0.25) is 0 Å². The number of nitrogens with zero attached hydrogens (tertiary/aromatic N) is 1. The Morgan fingerprint density at radius 1 is 1.50 bits per heavy atom. The lowest BCUT2D eigenvalue weighted by Crippen LogP contribution is -2.17. The molecule has 2 nitrogen and oxygen atoms in total. The van der Waals surface area contributed by atoms with Gasteiger partial charge in [0.2, 0.25) is 0 Å². The minimum absolute atomic E-state index is 0.319. The first-order valence-corrected chi connectivity index (χ1v) is 7.60. The molecule has 1 N–H and O–H groups in total. The Morgan fingerprint density at radius 2 is 2.19 bits per heavy atom. The van der Waals surface area contributed by atoms with Crippen molar-refractivity contribution in [2.75, 3.05) is 6.54 Å². The van der Waals surface area contributed by atoms with E-state index >= 15 is 0 Å². The zero-order valence-electron chi connectivity index (χ0n) is 10.8. The van der Waals surface area contributed by atoms with Gasteiger partial charge in [-0.15, -0.1) is 23.1 Å². The fraction of sp³-hybridized carbons (Fsp3) is 0.750. The smallest absolute Gasteiger partial charge is 0.103 e. The molecule has 1 rings (SSSR count). The van der Waals surface area contributed by atoms with Gasteiger partial charge in [-0.2, -0.15) is 0 Å². The third-order valence-electron chi connectivity index (χ3n) is 2.15. The van der Waals surface area contributed by atoms with E-state index in [1.807, 2.05) is 11.8 Å². The van der Waals surface area contributed by atoms with E-state index in [4.69, 9.17) is 0 Å². The van der Waals surface area contributed by atoms with Gasteiger partial charge in [0.05, 0.1) is 5.69 Å². The number of aromatic nitrogens is 1. The van der Waals surface area contributed by atoms with Gasteiger partial charge >= 0.3 is 0 Å². The molecule has 0 radical (unpaired) electrons. The summed E-state index contributed by atoms with van der Waals surface area (Å²) in [7, 11) is 0. The molecule has 4 heteroatoms. The molecular weight excluding hydrogens is 236 g/mol. The zero-order valence-corrected chi connectivity index (χ0v) is 12.5. The van der Waals surface area contributed by atoms with Gasteiger partial charge in [-0.25, -0.2) is 4.98 Å². The van der Waals surface area contributed by atoms with Gasteiger partial charge < -0.3 is 5.32 Å². The first kappa shape index (κ1) is 14.0. The molecule has 0 amide bonds. The van der Waals surface area contributed by atoms with Crippen molar-refractivity contribution in [3.05, 3.63) is 16.1 Å². The zero-order chi connectivity index (χ0) is 12.2. The summed E-state index contributed by atoms with van der Waals surface area (Å²) in [6.45, 7) is 12.0. The van der Waals surface area contributed by atoms with E-state index in [0.717, 1.165) is 12.3 Å². The second kappa shape index (κ2) is 6.03. The van der Waals surface area contributed by atoms with Crippen molar-refractivity contribution in [2.24, 2.45) is 0 Å². The number of rotatable bonds is 5.